The van der Waals surface area contributed by atoms with Gasteiger partial charge in [-0.15, -0.1) is 0 Å². The molecule has 2 amide bonds. The van der Waals surface area contributed by atoms with E-state index in [1.54, 1.807) is 11.8 Å². The van der Waals surface area contributed by atoms with E-state index in [1.165, 1.54) is 0 Å². The summed E-state index contributed by atoms with van der Waals surface area (Å²) in [5.74, 6) is -0.189. The Kier molecular flexibility index (Phi) is 4.56. The number of likely N-dealkylation sites (tertiary alicyclic amines) is 1. The standard InChI is InChI=1S/C12H23N3O3/c1-8(13)10(16)14-9-5-6-15(7-9)11(17)18-12(2,3)4/h8-9H,5-7,13H2,1-4H3,(H,14,16)/t8-,9+/m0/s1. The van der Waals surface area contributed by atoms with E-state index in [1.807, 2.05) is 20.8 Å². The van der Waals surface area contributed by atoms with Crippen LogP contribution in [0.5, 0.6) is 0 Å². The minimum Gasteiger partial charge on any atom is -0.444 e. The lowest BCUT2D eigenvalue weighted by molar-refractivity contribution is -0.122. The number of hydrogen-bond donors (Lipinski definition) is 2. The molecule has 0 aromatic heterocycles. The maximum absolute atomic E-state index is 11.8. The molecule has 0 radical (unpaired) electrons. The highest BCUT2D eigenvalue weighted by Gasteiger charge is 2.30. The average Bonchev–Trinajstić information content (AvgIpc) is 2.63. The molecule has 1 rings (SSSR count). The number of nitrogens with zero attached hydrogens (tertiary/aromatic N) is 1. The first-order valence-corrected chi connectivity index (χ1v) is 6.23. The molecule has 1 saturated heterocycles. The van der Waals surface area contributed by atoms with Crippen LogP contribution in [0.1, 0.15) is 34.1 Å². The summed E-state index contributed by atoms with van der Waals surface area (Å²) in [4.78, 5) is 24.8. The lowest BCUT2D eigenvalue weighted by atomic mass is 10.2. The molecule has 6 nitrogen and oxygen atoms in total. The van der Waals surface area contributed by atoms with Crippen molar-refractivity contribution in [3.8, 4) is 0 Å². The highest BCUT2D eigenvalue weighted by molar-refractivity contribution is 5.81. The molecule has 0 unspecified atom stereocenters. The summed E-state index contributed by atoms with van der Waals surface area (Å²) >= 11 is 0. The number of carbonyl (C=O) groups is 2. The van der Waals surface area contributed by atoms with Crippen molar-refractivity contribution in [2.75, 3.05) is 13.1 Å². The van der Waals surface area contributed by atoms with Gasteiger partial charge in [0.2, 0.25) is 5.91 Å². The summed E-state index contributed by atoms with van der Waals surface area (Å²) in [6.45, 7) is 8.20. The molecule has 18 heavy (non-hydrogen) atoms. The molecule has 3 N–H and O–H groups in total. The van der Waals surface area contributed by atoms with E-state index in [9.17, 15) is 9.59 Å². The molecule has 0 saturated carbocycles. The smallest absolute Gasteiger partial charge is 0.410 e. The molecule has 1 heterocycles. The quantitative estimate of drug-likeness (QED) is 0.752. The topological polar surface area (TPSA) is 84.7 Å². The number of ether oxygens (including phenoxy) is 1. The SMILES string of the molecule is C[C@H](N)C(=O)N[C@@H]1CCN(C(=O)OC(C)(C)C)C1. The summed E-state index contributed by atoms with van der Waals surface area (Å²) in [6, 6.07) is -0.559. The van der Waals surface area contributed by atoms with Crippen LogP contribution in [0.15, 0.2) is 0 Å². The Hall–Kier alpha value is -1.30. The van der Waals surface area contributed by atoms with E-state index < -0.39 is 11.6 Å². The van der Waals surface area contributed by atoms with Crippen molar-refractivity contribution in [3.05, 3.63) is 0 Å². The summed E-state index contributed by atoms with van der Waals surface area (Å²) < 4.78 is 5.27. The summed E-state index contributed by atoms with van der Waals surface area (Å²) in [7, 11) is 0. The third kappa shape index (κ3) is 4.52. The Balaban J connectivity index is 2.42. The van der Waals surface area contributed by atoms with E-state index in [4.69, 9.17) is 10.5 Å². The van der Waals surface area contributed by atoms with Gasteiger partial charge in [0, 0.05) is 19.1 Å². The second kappa shape index (κ2) is 5.56. The Bertz CT molecular complexity index is 323. The van der Waals surface area contributed by atoms with Crippen molar-refractivity contribution < 1.29 is 14.3 Å². The van der Waals surface area contributed by atoms with Crippen LogP contribution in [0.2, 0.25) is 0 Å². The maximum atomic E-state index is 11.8. The van der Waals surface area contributed by atoms with Gasteiger partial charge in [0.25, 0.3) is 0 Å². The van der Waals surface area contributed by atoms with Gasteiger partial charge in [-0.3, -0.25) is 4.79 Å². The first-order valence-electron chi connectivity index (χ1n) is 6.23. The van der Waals surface area contributed by atoms with Gasteiger partial charge in [-0.1, -0.05) is 0 Å². The van der Waals surface area contributed by atoms with Crippen LogP contribution in [-0.2, 0) is 9.53 Å². The third-order valence-corrected chi connectivity index (χ3v) is 2.60. The number of amides is 2. The predicted octanol–water partition coefficient (Wildman–Crippen LogP) is 0.459. The minimum absolute atomic E-state index is 0.0315. The molecule has 104 valence electrons. The normalized spacial score (nSPS) is 21.6. The number of nitrogens with one attached hydrogen (secondary N) is 1. The zero-order valence-corrected chi connectivity index (χ0v) is 11.5. The van der Waals surface area contributed by atoms with E-state index >= 15 is 0 Å². The Labute approximate surface area is 108 Å². The van der Waals surface area contributed by atoms with E-state index in [0.29, 0.717) is 13.1 Å². The van der Waals surface area contributed by atoms with Gasteiger partial charge in [0.1, 0.15) is 5.60 Å². The lowest BCUT2D eigenvalue weighted by Gasteiger charge is -2.24. The average molecular weight is 257 g/mol. The number of hydrogen-bond acceptors (Lipinski definition) is 4. The maximum Gasteiger partial charge on any atom is 0.410 e. The molecule has 2 atom stereocenters. The van der Waals surface area contributed by atoms with Gasteiger partial charge in [-0.05, 0) is 34.1 Å². The molecular formula is C12H23N3O3. The van der Waals surface area contributed by atoms with Crippen molar-refractivity contribution in [2.24, 2.45) is 5.73 Å². The van der Waals surface area contributed by atoms with Crippen molar-refractivity contribution in [2.45, 2.75) is 51.8 Å². The number of nitrogens with two attached hydrogens (primary N) is 1. The number of rotatable bonds is 2. The van der Waals surface area contributed by atoms with Crippen molar-refractivity contribution >= 4 is 12.0 Å². The Morgan fingerprint density at radius 3 is 2.56 bits per heavy atom. The summed E-state index contributed by atoms with van der Waals surface area (Å²) in [6.07, 6.45) is 0.401. The van der Waals surface area contributed by atoms with Crippen LogP contribution < -0.4 is 11.1 Å². The van der Waals surface area contributed by atoms with Crippen LogP contribution in [0.3, 0.4) is 0 Å². The van der Waals surface area contributed by atoms with E-state index in [2.05, 4.69) is 5.32 Å². The van der Waals surface area contributed by atoms with Crippen LogP contribution in [-0.4, -0.2) is 47.7 Å². The van der Waals surface area contributed by atoms with Crippen LogP contribution >= 0.6 is 0 Å². The Morgan fingerprint density at radius 1 is 1.44 bits per heavy atom. The molecule has 0 aromatic carbocycles. The Morgan fingerprint density at radius 2 is 2.06 bits per heavy atom. The molecule has 1 aliphatic rings. The van der Waals surface area contributed by atoms with Crippen LogP contribution in [0.25, 0.3) is 0 Å². The third-order valence-electron chi connectivity index (χ3n) is 2.60. The van der Waals surface area contributed by atoms with E-state index in [0.717, 1.165) is 6.42 Å². The molecule has 0 aliphatic carbocycles. The predicted molar refractivity (Wildman–Crippen MR) is 68.0 cm³/mol. The summed E-state index contributed by atoms with van der Waals surface area (Å²) in [5, 5.41) is 2.81. The van der Waals surface area contributed by atoms with Crippen molar-refractivity contribution in [1.29, 1.82) is 0 Å². The van der Waals surface area contributed by atoms with Crippen molar-refractivity contribution in [1.82, 2.24) is 10.2 Å². The molecular weight excluding hydrogens is 234 g/mol. The fourth-order valence-electron chi connectivity index (χ4n) is 1.70. The largest absolute Gasteiger partial charge is 0.444 e. The van der Waals surface area contributed by atoms with Gasteiger partial charge in [0.15, 0.2) is 0 Å². The summed E-state index contributed by atoms with van der Waals surface area (Å²) in [5.41, 5.74) is 4.98. The molecule has 6 heteroatoms. The van der Waals surface area contributed by atoms with E-state index in [-0.39, 0.29) is 18.0 Å². The van der Waals surface area contributed by atoms with Gasteiger partial charge >= 0.3 is 6.09 Å². The molecule has 0 spiro atoms. The van der Waals surface area contributed by atoms with Gasteiger partial charge in [-0.25, -0.2) is 4.79 Å². The fourth-order valence-corrected chi connectivity index (χ4v) is 1.70. The zero-order chi connectivity index (χ0) is 13.9. The number of carbonyl (C=O) groups excluding carboxylic acids is 2. The first kappa shape index (κ1) is 14.8. The lowest BCUT2D eigenvalue weighted by Crippen LogP contribution is -2.45. The highest BCUT2D eigenvalue weighted by atomic mass is 16.6. The fraction of sp³-hybridized carbons (Fsp3) is 0.833. The van der Waals surface area contributed by atoms with Gasteiger partial charge in [0.05, 0.1) is 6.04 Å². The highest BCUT2D eigenvalue weighted by Crippen LogP contribution is 2.15. The molecule has 1 aliphatic heterocycles. The van der Waals surface area contributed by atoms with Crippen LogP contribution in [0, 0.1) is 0 Å². The molecule has 0 aromatic rings. The first-order chi connectivity index (χ1) is 8.19. The second-order valence-corrected chi connectivity index (χ2v) is 5.71. The second-order valence-electron chi connectivity index (χ2n) is 5.71. The van der Waals surface area contributed by atoms with Gasteiger partial charge < -0.3 is 20.7 Å². The zero-order valence-electron chi connectivity index (χ0n) is 11.5. The van der Waals surface area contributed by atoms with Crippen LogP contribution in [0.4, 0.5) is 4.79 Å². The molecule has 0 bridgehead atoms. The minimum atomic E-state index is -0.527. The molecule has 1 fully saturated rings. The van der Waals surface area contributed by atoms with Gasteiger partial charge in [-0.2, -0.15) is 0 Å². The van der Waals surface area contributed by atoms with Crippen molar-refractivity contribution in [3.63, 3.8) is 0 Å². The monoisotopic (exact) mass is 257 g/mol.